The first kappa shape index (κ1) is 23.2. The SMILES string of the molecule is CC(C)=CCC/C(C)=C/CO.CC(C)=CCCC(C)=CCO. The van der Waals surface area contributed by atoms with Crippen molar-refractivity contribution >= 4 is 0 Å². The second kappa shape index (κ2) is 16.3. The van der Waals surface area contributed by atoms with Crippen LogP contribution < -0.4 is 0 Å². The van der Waals surface area contributed by atoms with Crippen molar-refractivity contribution in [1.29, 1.82) is 0 Å². The summed E-state index contributed by atoms with van der Waals surface area (Å²) in [5.41, 5.74) is 5.26. The van der Waals surface area contributed by atoms with Crippen LogP contribution >= 0.6 is 0 Å². The highest BCUT2D eigenvalue weighted by Crippen LogP contribution is 2.06. The molecule has 2 N–H and O–H groups in total. The first-order chi connectivity index (χ1) is 10.3. The lowest BCUT2D eigenvalue weighted by atomic mass is 10.1. The summed E-state index contributed by atoms with van der Waals surface area (Å²) in [4.78, 5) is 0. The van der Waals surface area contributed by atoms with Gasteiger partial charge in [-0.1, -0.05) is 46.6 Å². The van der Waals surface area contributed by atoms with Crippen LogP contribution in [0.15, 0.2) is 46.6 Å². The number of hydrogen-bond acceptors (Lipinski definition) is 2. The summed E-state index contributed by atoms with van der Waals surface area (Å²) in [5, 5.41) is 17.1. The Labute approximate surface area is 138 Å². The summed E-state index contributed by atoms with van der Waals surface area (Å²) >= 11 is 0. The van der Waals surface area contributed by atoms with Gasteiger partial charge in [0.2, 0.25) is 0 Å². The van der Waals surface area contributed by atoms with E-state index in [1.807, 2.05) is 12.2 Å². The average molecular weight is 309 g/mol. The Morgan fingerprint density at radius 1 is 0.591 bits per heavy atom. The van der Waals surface area contributed by atoms with Crippen molar-refractivity contribution in [2.24, 2.45) is 0 Å². The van der Waals surface area contributed by atoms with Gasteiger partial charge >= 0.3 is 0 Å². The van der Waals surface area contributed by atoms with Gasteiger partial charge < -0.3 is 10.2 Å². The maximum absolute atomic E-state index is 8.55. The van der Waals surface area contributed by atoms with Crippen LogP contribution in [-0.4, -0.2) is 23.4 Å². The van der Waals surface area contributed by atoms with Gasteiger partial charge in [0, 0.05) is 0 Å². The topological polar surface area (TPSA) is 40.5 Å². The molecule has 0 spiro atoms. The fourth-order valence-corrected chi connectivity index (χ4v) is 1.69. The zero-order valence-electron chi connectivity index (χ0n) is 15.4. The third-order valence-electron chi connectivity index (χ3n) is 3.06. The fourth-order valence-electron chi connectivity index (χ4n) is 1.69. The second-order valence-electron chi connectivity index (χ2n) is 6.11. The molecule has 0 unspecified atom stereocenters. The molecule has 0 fully saturated rings. The zero-order valence-corrected chi connectivity index (χ0v) is 15.4. The van der Waals surface area contributed by atoms with Gasteiger partial charge in [-0.15, -0.1) is 0 Å². The highest BCUT2D eigenvalue weighted by Gasteiger charge is 1.87. The smallest absolute Gasteiger partial charge is 0.0614 e. The van der Waals surface area contributed by atoms with Crippen molar-refractivity contribution in [1.82, 2.24) is 0 Å². The van der Waals surface area contributed by atoms with E-state index >= 15 is 0 Å². The molecule has 0 rings (SSSR count). The number of rotatable bonds is 8. The van der Waals surface area contributed by atoms with Crippen molar-refractivity contribution < 1.29 is 10.2 Å². The molecule has 0 bridgehead atoms. The van der Waals surface area contributed by atoms with E-state index in [2.05, 4.69) is 53.7 Å². The summed E-state index contributed by atoms with van der Waals surface area (Å²) in [5.74, 6) is 0. The van der Waals surface area contributed by atoms with Gasteiger partial charge in [0.05, 0.1) is 13.2 Å². The minimum atomic E-state index is 0.167. The molecule has 0 aliphatic carbocycles. The molecule has 0 aliphatic rings. The molecule has 0 heterocycles. The zero-order chi connectivity index (χ0) is 17.4. The Kier molecular flexibility index (Phi) is 17.1. The molecule has 128 valence electrons. The predicted molar refractivity (Wildman–Crippen MR) is 99.0 cm³/mol. The standard InChI is InChI=1S/2C10H18O/c2*1-9(2)5-4-6-10(3)7-8-11/h2*5,7,11H,4,6,8H2,1-3H3/b10-7+;. The Hall–Kier alpha value is -1.12. The van der Waals surface area contributed by atoms with E-state index in [0.29, 0.717) is 0 Å². The summed E-state index contributed by atoms with van der Waals surface area (Å²) in [6.45, 7) is 12.8. The molecule has 0 aromatic heterocycles. The molecular weight excluding hydrogens is 272 g/mol. The fraction of sp³-hybridized carbons (Fsp3) is 0.600. The first-order valence-electron chi connectivity index (χ1n) is 8.13. The Morgan fingerprint density at radius 2 is 0.909 bits per heavy atom. The molecule has 0 radical (unpaired) electrons. The van der Waals surface area contributed by atoms with Gasteiger partial charge in [-0.25, -0.2) is 0 Å². The molecule has 22 heavy (non-hydrogen) atoms. The Morgan fingerprint density at radius 3 is 1.14 bits per heavy atom. The molecule has 0 saturated carbocycles. The molecule has 0 amide bonds. The molecule has 0 aliphatic heterocycles. The van der Waals surface area contributed by atoms with Crippen LogP contribution in [0.1, 0.15) is 67.2 Å². The van der Waals surface area contributed by atoms with Crippen molar-refractivity contribution in [3.8, 4) is 0 Å². The minimum Gasteiger partial charge on any atom is -0.392 e. The Bertz CT molecular complexity index is 339. The van der Waals surface area contributed by atoms with Gasteiger partial charge in [0.1, 0.15) is 0 Å². The van der Waals surface area contributed by atoms with E-state index < -0.39 is 0 Å². The lowest BCUT2D eigenvalue weighted by Gasteiger charge is -1.96. The highest BCUT2D eigenvalue weighted by atomic mass is 16.3. The third kappa shape index (κ3) is 21.2. The van der Waals surface area contributed by atoms with Crippen molar-refractivity contribution in [2.75, 3.05) is 13.2 Å². The summed E-state index contributed by atoms with van der Waals surface area (Å²) in [6.07, 6.45) is 12.5. The van der Waals surface area contributed by atoms with Crippen molar-refractivity contribution in [3.05, 3.63) is 46.6 Å². The van der Waals surface area contributed by atoms with Gasteiger partial charge in [-0.3, -0.25) is 0 Å². The van der Waals surface area contributed by atoms with Crippen LogP contribution in [0.4, 0.5) is 0 Å². The summed E-state index contributed by atoms with van der Waals surface area (Å²) in [6, 6.07) is 0. The van der Waals surface area contributed by atoms with Crippen LogP contribution in [0.3, 0.4) is 0 Å². The highest BCUT2D eigenvalue weighted by molar-refractivity contribution is 5.02. The average Bonchev–Trinajstić information content (AvgIpc) is 2.39. The van der Waals surface area contributed by atoms with Gasteiger partial charge in [0.15, 0.2) is 0 Å². The maximum atomic E-state index is 8.55. The number of hydrogen-bond donors (Lipinski definition) is 2. The van der Waals surface area contributed by atoms with E-state index in [-0.39, 0.29) is 13.2 Å². The van der Waals surface area contributed by atoms with Crippen LogP contribution in [0, 0.1) is 0 Å². The molecule has 0 aromatic carbocycles. The quantitative estimate of drug-likeness (QED) is 0.594. The van der Waals surface area contributed by atoms with Gasteiger partial charge in [-0.05, 0) is 67.2 Å². The van der Waals surface area contributed by atoms with Crippen molar-refractivity contribution in [3.63, 3.8) is 0 Å². The first-order valence-corrected chi connectivity index (χ1v) is 8.13. The molecule has 0 aromatic rings. The van der Waals surface area contributed by atoms with Gasteiger partial charge in [0.25, 0.3) is 0 Å². The number of aliphatic hydroxyl groups excluding tert-OH is 2. The maximum Gasteiger partial charge on any atom is 0.0614 e. The predicted octanol–water partition coefficient (Wildman–Crippen LogP) is 5.34. The van der Waals surface area contributed by atoms with E-state index in [0.717, 1.165) is 25.7 Å². The lowest BCUT2D eigenvalue weighted by molar-refractivity contribution is 0.341. The van der Waals surface area contributed by atoms with Crippen LogP contribution in [-0.2, 0) is 0 Å². The molecule has 0 saturated heterocycles. The second-order valence-corrected chi connectivity index (χ2v) is 6.11. The normalized spacial score (nSPS) is 11.5. The van der Waals surface area contributed by atoms with E-state index in [9.17, 15) is 0 Å². The Balaban J connectivity index is 0. The molecule has 2 heteroatoms. The van der Waals surface area contributed by atoms with Crippen molar-refractivity contribution in [2.45, 2.75) is 67.2 Å². The number of aliphatic hydroxyl groups is 2. The van der Waals surface area contributed by atoms with Crippen LogP contribution in [0.5, 0.6) is 0 Å². The van der Waals surface area contributed by atoms with Crippen LogP contribution in [0.2, 0.25) is 0 Å². The molecular formula is C20H36O2. The summed E-state index contributed by atoms with van der Waals surface area (Å²) in [7, 11) is 0. The lowest BCUT2D eigenvalue weighted by Crippen LogP contribution is -1.80. The largest absolute Gasteiger partial charge is 0.392 e. The van der Waals surface area contributed by atoms with Gasteiger partial charge in [-0.2, -0.15) is 0 Å². The van der Waals surface area contributed by atoms with E-state index in [4.69, 9.17) is 10.2 Å². The molecule has 0 atom stereocenters. The minimum absolute atomic E-state index is 0.167. The van der Waals surface area contributed by atoms with E-state index in [1.165, 1.54) is 22.3 Å². The monoisotopic (exact) mass is 308 g/mol. The molecule has 2 nitrogen and oxygen atoms in total. The third-order valence-corrected chi connectivity index (χ3v) is 3.06. The van der Waals surface area contributed by atoms with Crippen LogP contribution in [0.25, 0.3) is 0 Å². The summed E-state index contributed by atoms with van der Waals surface area (Å²) < 4.78 is 0. The van der Waals surface area contributed by atoms with E-state index in [1.54, 1.807) is 0 Å². The number of allylic oxidation sites excluding steroid dienone is 6.